The Bertz CT molecular complexity index is 415. The summed E-state index contributed by atoms with van der Waals surface area (Å²) in [4.78, 5) is 1.84. The summed E-state index contributed by atoms with van der Waals surface area (Å²) in [6, 6.07) is 7.61. The number of benzene rings is 1. The van der Waals surface area contributed by atoms with Crippen LogP contribution in [0.3, 0.4) is 0 Å². The van der Waals surface area contributed by atoms with E-state index in [9.17, 15) is 0 Å². The molecule has 0 atom stereocenters. The molecule has 1 rings (SSSR count). The third-order valence-corrected chi connectivity index (χ3v) is 2.59. The van der Waals surface area contributed by atoms with E-state index < -0.39 is 0 Å². The number of methoxy groups -OCH3 is 2. The molecule has 5 nitrogen and oxygen atoms in total. The highest BCUT2D eigenvalue weighted by Crippen LogP contribution is 2.25. The third kappa shape index (κ3) is 3.91. The van der Waals surface area contributed by atoms with E-state index in [0.29, 0.717) is 13.1 Å². The second-order valence-electron chi connectivity index (χ2n) is 3.77. The van der Waals surface area contributed by atoms with Crippen LogP contribution in [0.2, 0.25) is 0 Å². The van der Waals surface area contributed by atoms with Crippen molar-refractivity contribution < 1.29 is 14.6 Å². The lowest BCUT2D eigenvalue weighted by atomic mass is 10.1. The van der Waals surface area contributed by atoms with Gasteiger partial charge >= 0.3 is 0 Å². The Balaban J connectivity index is 2.88. The van der Waals surface area contributed by atoms with E-state index in [-0.39, 0.29) is 13.2 Å². The van der Waals surface area contributed by atoms with Gasteiger partial charge in [0.25, 0.3) is 0 Å². The van der Waals surface area contributed by atoms with Gasteiger partial charge in [-0.15, -0.1) is 0 Å². The van der Waals surface area contributed by atoms with Crippen LogP contribution in [0.4, 0.5) is 0 Å². The molecule has 0 bridgehead atoms. The number of aliphatic hydroxyl groups is 1. The lowest BCUT2D eigenvalue weighted by molar-refractivity contribution is 0.203. The molecule has 0 saturated carbocycles. The summed E-state index contributed by atoms with van der Waals surface area (Å²) >= 11 is 0. The van der Waals surface area contributed by atoms with Gasteiger partial charge < -0.3 is 14.6 Å². The third-order valence-electron chi connectivity index (χ3n) is 2.59. The van der Waals surface area contributed by atoms with Gasteiger partial charge in [-0.25, -0.2) is 0 Å². The molecule has 0 amide bonds. The Morgan fingerprint density at radius 3 is 2.67 bits per heavy atom. The standard InChI is InChI=1S/C13H18N2O3/c1-17-12-3-4-13(18-2)11(9-12)10-15(6-5-14)7-8-16/h3-4,9,16H,6-8,10H2,1-2H3. The van der Waals surface area contributed by atoms with E-state index in [1.165, 1.54) is 0 Å². The molecule has 0 radical (unpaired) electrons. The van der Waals surface area contributed by atoms with Gasteiger partial charge in [-0.3, -0.25) is 4.90 Å². The molecule has 0 saturated heterocycles. The van der Waals surface area contributed by atoms with E-state index in [2.05, 4.69) is 6.07 Å². The highest BCUT2D eigenvalue weighted by atomic mass is 16.5. The van der Waals surface area contributed by atoms with Crippen LogP contribution >= 0.6 is 0 Å². The summed E-state index contributed by atoms with van der Waals surface area (Å²) in [6.07, 6.45) is 0. The number of nitrogens with zero attached hydrogens (tertiary/aromatic N) is 2. The van der Waals surface area contributed by atoms with Gasteiger partial charge in [0.05, 0.1) is 33.4 Å². The second kappa shape index (κ2) is 7.54. The highest BCUT2D eigenvalue weighted by Gasteiger charge is 2.10. The summed E-state index contributed by atoms with van der Waals surface area (Å²) in [5.41, 5.74) is 0.931. The first-order valence-corrected chi connectivity index (χ1v) is 5.66. The molecule has 0 aliphatic rings. The van der Waals surface area contributed by atoms with Gasteiger partial charge in [-0.05, 0) is 18.2 Å². The largest absolute Gasteiger partial charge is 0.497 e. The predicted molar refractivity (Wildman–Crippen MR) is 67.5 cm³/mol. The topological polar surface area (TPSA) is 65.7 Å². The SMILES string of the molecule is COc1ccc(OC)c(CN(CC#N)CCO)c1. The minimum Gasteiger partial charge on any atom is -0.497 e. The maximum atomic E-state index is 8.96. The number of ether oxygens (including phenoxy) is 2. The number of hydrogen-bond donors (Lipinski definition) is 1. The minimum absolute atomic E-state index is 0.0218. The molecule has 0 unspecified atom stereocenters. The molecule has 0 aliphatic carbocycles. The van der Waals surface area contributed by atoms with Crippen LogP contribution in [0.25, 0.3) is 0 Å². The quantitative estimate of drug-likeness (QED) is 0.732. The second-order valence-corrected chi connectivity index (χ2v) is 3.77. The Kier molecular flexibility index (Phi) is 5.98. The summed E-state index contributed by atoms with van der Waals surface area (Å²) in [5.74, 6) is 1.49. The monoisotopic (exact) mass is 250 g/mol. The molecule has 18 heavy (non-hydrogen) atoms. The summed E-state index contributed by atoms with van der Waals surface area (Å²) in [7, 11) is 3.21. The van der Waals surface area contributed by atoms with Gasteiger partial charge in [0.1, 0.15) is 11.5 Å². The molecule has 98 valence electrons. The number of hydrogen-bond acceptors (Lipinski definition) is 5. The van der Waals surface area contributed by atoms with Crippen LogP contribution in [0.1, 0.15) is 5.56 Å². The molecule has 0 aliphatic heterocycles. The number of rotatable bonds is 7. The van der Waals surface area contributed by atoms with Gasteiger partial charge in [-0.2, -0.15) is 5.26 Å². The van der Waals surface area contributed by atoms with Crippen molar-refractivity contribution in [1.29, 1.82) is 5.26 Å². The normalized spacial score (nSPS) is 10.2. The molecular weight excluding hydrogens is 232 g/mol. The smallest absolute Gasteiger partial charge is 0.123 e. The van der Waals surface area contributed by atoms with E-state index >= 15 is 0 Å². The van der Waals surface area contributed by atoms with Gasteiger partial charge in [0, 0.05) is 18.7 Å². The van der Waals surface area contributed by atoms with Crippen LogP contribution in [-0.2, 0) is 6.54 Å². The highest BCUT2D eigenvalue weighted by molar-refractivity contribution is 5.40. The van der Waals surface area contributed by atoms with Crippen molar-refractivity contribution in [2.24, 2.45) is 0 Å². The first kappa shape index (κ1) is 14.3. The van der Waals surface area contributed by atoms with Crippen molar-refractivity contribution in [2.75, 3.05) is 33.9 Å². The Morgan fingerprint density at radius 2 is 2.11 bits per heavy atom. The molecular formula is C13H18N2O3. The molecule has 0 spiro atoms. The average Bonchev–Trinajstić information content (AvgIpc) is 2.39. The van der Waals surface area contributed by atoms with E-state index in [1.807, 2.05) is 23.1 Å². The van der Waals surface area contributed by atoms with Crippen molar-refractivity contribution in [3.8, 4) is 17.6 Å². The van der Waals surface area contributed by atoms with Crippen molar-refractivity contribution >= 4 is 0 Å². The summed E-state index contributed by atoms with van der Waals surface area (Å²) in [6.45, 7) is 1.28. The Labute approximate surface area is 107 Å². The number of nitriles is 1. The average molecular weight is 250 g/mol. The van der Waals surface area contributed by atoms with Crippen molar-refractivity contribution in [2.45, 2.75) is 6.54 Å². The van der Waals surface area contributed by atoms with E-state index in [1.54, 1.807) is 14.2 Å². The fraction of sp³-hybridized carbons (Fsp3) is 0.462. The maximum Gasteiger partial charge on any atom is 0.123 e. The number of aliphatic hydroxyl groups excluding tert-OH is 1. The van der Waals surface area contributed by atoms with E-state index in [4.69, 9.17) is 19.8 Å². The van der Waals surface area contributed by atoms with E-state index in [0.717, 1.165) is 17.1 Å². The van der Waals surface area contributed by atoms with Crippen LogP contribution in [0, 0.1) is 11.3 Å². The van der Waals surface area contributed by atoms with Gasteiger partial charge in [-0.1, -0.05) is 0 Å². The zero-order valence-corrected chi connectivity index (χ0v) is 10.7. The van der Waals surface area contributed by atoms with Crippen molar-refractivity contribution in [3.63, 3.8) is 0 Å². The van der Waals surface area contributed by atoms with Gasteiger partial charge in [0.2, 0.25) is 0 Å². The predicted octanol–water partition coefficient (Wildman–Crippen LogP) is 1.02. The molecule has 0 heterocycles. The molecule has 5 heteroatoms. The Hall–Kier alpha value is -1.77. The summed E-state index contributed by atoms with van der Waals surface area (Å²) in [5, 5.41) is 17.7. The first-order valence-electron chi connectivity index (χ1n) is 5.66. The van der Waals surface area contributed by atoms with Crippen LogP contribution < -0.4 is 9.47 Å². The molecule has 0 aromatic heterocycles. The molecule has 1 aromatic carbocycles. The zero-order chi connectivity index (χ0) is 13.4. The van der Waals surface area contributed by atoms with Gasteiger partial charge in [0.15, 0.2) is 0 Å². The van der Waals surface area contributed by atoms with Crippen molar-refractivity contribution in [3.05, 3.63) is 23.8 Å². The van der Waals surface area contributed by atoms with Crippen LogP contribution in [-0.4, -0.2) is 43.9 Å². The fourth-order valence-electron chi connectivity index (χ4n) is 1.70. The Morgan fingerprint density at radius 1 is 1.33 bits per heavy atom. The first-order chi connectivity index (χ1) is 8.74. The molecule has 1 N–H and O–H groups in total. The van der Waals surface area contributed by atoms with Crippen LogP contribution in [0.5, 0.6) is 11.5 Å². The minimum atomic E-state index is 0.0218. The lowest BCUT2D eigenvalue weighted by Gasteiger charge is -2.19. The zero-order valence-electron chi connectivity index (χ0n) is 10.7. The lowest BCUT2D eigenvalue weighted by Crippen LogP contribution is -2.27. The molecule has 0 fully saturated rings. The summed E-state index contributed by atoms with van der Waals surface area (Å²) < 4.78 is 10.4. The van der Waals surface area contributed by atoms with Crippen LogP contribution in [0.15, 0.2) is 18.2 Å². The molecule has 1 aromatic rings. The van der Waals surface area contributed by atoms with Crippen molar-refractivity contribution in [1.82, 2.24) is 4.90 Å². The fourth-order valence-corrected chi connectivity index (χ4v) is 1.70. The maximum absolute atomic E-state index is 8.96.